The van der Waals surface area contributed by atoms with Gasteiger partial charge in [0.2, 0.25) is 0 Å². The van der Waals surface area contributed by atoms with Crippen LogP contribution in [0.2, 0.25) is 0 Å². The molecule has 3 nitrogen and oxygen atoms in total. The van der Waals surface area contributed by atoms with Gasteiger partial charge in [-0.15, -0.1) is 0 Å². The maximum Gasteiger partial charge on any atom is 0.0194 e. The van der Waals surface area contributed by atoms with E-state index in [0.29, 0.717) is 5.92 Å². The minimum Gasteiger partial charge on any atom is -0.316 e. The first-order valence-electron chi connectivity index (χ1n) is 6.18. The van der Waals surface area contributed by atoms with Crippen molar-refractivity contribution in [2.45, 2.75) is 12.8 Å². The third-order valence-corrected chi connectivity index (χ3v) is 3.51. The zero-order valence-corrected chi connectivity index (χ0v) is 9.60. The summed E-state index contributed by atoms with van der Waals surface area (Å²) >= 11 is 0. The Morgan fingerprint density at radius 2 is 2.00 bits per heavy atom. The average molecular weight is 209 g/mol. The van der Waals surface area contributed by atoms with Crippen molar-refractivity contribution in [3.05, 3.63) is 12.2 Å². The summed E-state index contributed by atoms with van der Waals surface area (Å²) in [6.07, 6.45) is 2.64. The summed E-state index contributed by atoms with van der Waals surface area (Å²) < 4.78 is 0. The van der Waals surface area contributed by atoms with E-state index in [1.54, 1.807) is 0 Å². The second kappa shape index (κ2) is 5.64. The molecular weight excluding hydrogens is 186 g/mol. The lowest BCUT2D eigenvalue weighted by Gasteiger charge is -2.31. The first-order valence-corrected chi connectivity index (χ1v) is 6.18. The molecule has 2 rings (SSSR count). The van der Waals surface area contributed by atoms with Crippen LogP contribution >= 0.6 is 0 Å². The lowest BCUT2D eigenvalue weighted by Crippen LogP contribution is -2.45. The van der Waals surface area contributed by atoms with Crippen molar-refractivity contribution in [3.8, 4) is 0 Å². The largest absolute Gasteiger partial charge is 0.316 e. The van der Waals surface area contributed by atoms with Crippen LogP contribution in [0.3, 0.4) is 0 Å². The lowest BCUT2D eigenvalue weighted by molar-refractivity contribution is 0.248. The molecular formula is C12H23N3. The molecule has 0 aromatic heterocycles. The molecule has 2 fully saturated rings. The molecule has 0 radical (unpaired) electrons. The fraction of sp³-hybridized carbons (Fsp3) is 0.833. The van der Waals surface area contributed by atoms with Crippen LogP contribution in [-0.4, -0.2) is 50.7 Å². The molecule has 2 saturated heterocycles. The fourth-order valence-electron chi connectivity index (χ4n) is 2.49. The van der Waals surface area contributed by atoms with Crippen LogP contribution in [0.25, 0.3) is 0 Å². The Hall–Kier alpha value is -0.380. The normalized spacial score (nSPS) is 28.9. The van der Waals surface area contributed by atoms with Crippen molar-refractivity contribution < 1.29 is 0 Å². The molecule has 2 aliphatic rings. The summed E-state index contributed by atoms with van der Waals surface area (Å²) in [6, 6.07) is 0. The molecule has 0 aromatic carbocycles. The van der Waals surface area contributed by atoms with Gasteiger partial charge in [0, 0.05) is 39.3 Å². The number of nitrogens with zero attached hydrogens (tertiary/aromatic N) is 1. The Morgan fingerprint density at radius 1 is 1.20 bits per heavy atom. The van der Waals surface area contributed by atoms with Crippen LogP contribution < -0.4 is 10.6 Å². The molecule has 2 heterocycles. The SMILES string of the molecule is C=C(CN1CCNCC1)C1CCCNC1. The second-order valence-corrected chi connectivity index (χ2v) is 4.73. The summed E-state index contributed by atoms with van der Waals surface area (Å²) in [4.78, 5) is 2.52. The summed E-state index contributed by atoms with van der Waals surface area (Å²) in [5, 5.41) is 6.85. The zero-order valence-electron chi connectivity index (χ0n) is 9.60. The number of hydrogen-bond donors (Lipinski definition) is 2. The minimum absolute atomic E-state index is 0.716. The number of hydrogen-bond acceptors (Lipinski definition) is 3. The minimum atomic E-state index is 0.716. The number of rotatable bonds is 3. The molecule has 1 unspecified atom stereocenters. The van der Waals surface area contributed by atoms with Crippen molar-refractivity contribution in [2.75, 3.05) is 45.8 Å². The van der Waals surface area contributed by atoms with E-state index in [2.05, 4.69) is 22.1 Å². The molecule has 0 aliphatic carbocycles. The van der Waals surface area contributed by atoms with Gasteiger partial charge in [0.25, 0.3) is 0 Å². The Balaban J connectivity index is 1.74. The number of piperidine rings is 1. The van der Waals surface area contributed by atoms with Gasteiger partial charge in [-0.05, 0) is 25.3 Å². The van der Waals surface area contributed by atoms with E-state index in [1.807, 2.05) is 0 Å². The summed E-state index contributed by atoms with van der Waals surface area (Å²) in [6.45, 7) is 12.3. The third kappa shape index (κ3) is 3.30. The van der Waals surface area contributed by atoms with E-state index in [1.165, 1.54) is 38.0 Å². The molecule has 1 atom stereocenters. The highest BCUT2D eigenvalue weighted by Crippen LogP contribution is 2.18. The molecule has 0 amide bonds. The van der Waals surface area contributed by atoms with E-state index in [4.69, 9.17) is 0 Å². The molecule has 15 heavy (non-hydrogen) atoms. The topological polar surface area (TPSA) is 27.3 Å². The van der Waals surface area contributed by atoms with Crippen LogP contribution in [0.4, 0.5) is 0 Å². The molecule has 0 saturated carbocycles. The zero-order chi connectivity index (χ0) is 10.5. The van der Waals surface area contributed by atoms with Crippen LogP contribution in [0, 0.1) is 5.92 Å². The third-order valence-electron chi connectivity index (χ3n) is 3.51. The van der Waals surface area contributed by atoms with Gasteiger partial charge >= 0.3 is 0 Å². The Labute approximate surface area is 92.9 Å². The lowest BCUT2D eigenvalue weighted by atomic mass is 9.92. The van der Waals surface area contributed by atoms with Crippen molar-refractivity contribution in [1.29, 1.82) is 0 Å². The first-order chi connectivity index (χ1) is 7.36. The molecule has 0 spiro atoms. The predicted octanol–water partition coefficient (Wildman–Crippen LogP) is 0.447. The van der Waals surface area contributed by atoms with Gasteiger partial charge in [-0.3, -0.25) is 4.90 Å². The van der Waals surface area contributed by atoms with Gasteiger partial charge in [0.05, 0.1) is 0 Å². The summed E-state index contributed by atoms with van der Waals surface area (Å²) in [7, 11) is 0. The van der Waals surface area contributed by atoms with E-state index in [0.717, 1.165) is 26.2 Å². The molecule has 86 valence electrons. The standard InChI is InChI=1S/C12H23N3/c1-11(12-3-2-4-14-9-12)10-15-7-5-13-6-8-15/h12-14H,1-10H2. The molecule has 2 aliphatic heterocycles. The smallest absolute Gasteiger partial charge is 0.0194 e. The van der Waals surface area contributed by atoms with Crippen LogP contribution in [0.15, 0.2) is 12.2 Å². The maximum absolute atomic E-state index is 4.27. The highest BCUT2D eigenvalue weighted by molar-refractivity contribution is 5.05. The maximum atomic E-state index is 4.27. The van der Waals surface area contributed by atoms with Crippen LogP contribution in [-0.2, 0) is 0 Å². The van der Waals surface area contributed by atoms with Gasteiger partial charge < -0.3 is 10.6 Å². The van der Waals surface area contributed by atoms with Crippen LogP contribution in [0.1, 0.15) is 12.8 Å². The number of nitrogens with one attached hydrogen (secondary N) is 2. The van der Waals surface area contributed by atoms with E-state index >= 15 is 0 Å². The second-order valence-electron chi connectivity index (χ2n) is 4.73. The summed E-state index contributed by atoms with van der Waals surface area (Å²) in [5.41, 5.74) is 1.43. The van der Waals surface area contributed by atoms with Gasteiger partial charge in [-0.1, -0.05) is 12.2 Å². The Kier molecular flexibility index (Phi) is 4.18. The Bertz CT molecular complexity index is 203. The van der Waals surface area contributed by atoms with Gasteiger partial charge in [-0.25, -0.2) is 0 Å². The monoisotopic (exact) mass is 209 g/mol. The van der Waals surface area contributed by atoms with E-state index < -0.39 is 0 Å². The van der Waals surface area contributed by atoms with Crippen molar-refractivity contribution >= 4 is 0 Å². The number of piperazine rings is 1. The molecule has 2 N–H and O–H groups in total. The van der Waals surface area contributed by atoms with Gasteiger partial charge in [0.1, 0.15) is 0 Å². The fourth-order valence-corrected chi connectivity index (χ4v) is 2.49. The summed E-state index contributed by atoms with van der Waals surface area (Å²) in [5.74, 6) is 0.716. The van der Waals surface area contributed by atoms with Crippen molar-refractivity contribution in [2.24, 2.45) is 5.92 Å². The van der Waals surface area contributed by atoms with Crippen molar-refractivity contribution in [3.63, 3.8) is 0 Å². The highest BCUT2D eigenvalue weighted by Gasteiger charge is 2.18. The molecule has 3 heteroatoms. The van der Waals surface area contributed by atoms with Crippen molar-refractivity contribution in [1.82, 2.24) is 15.5 Å². The average Bonchev–Trinajstić information content (AvgIpc) is 2.31. The molecule has 0 bridgehead atoms. The molecule has 0 aromatic rings. The van der Waals surface area contributed by atoms with E-state index in [-0.39, 0.29) is 0 Å². The van der Waals surface area contributed by atoms with Gasteiger partial charge in [0.15, 0.2) is 0 Å². The Morgan fingerprint density at radius 3 is 2.67 bits per heavy atom. The predicted molar refractivity (Wildman–Crippen MR) is 64.0 cm³/mol. The quantitative estimate of drug-likeness (QED) is 0.661. The van der Waals surface area contributed by atoms with Gasteiger partial charge in [-0.2, -0.15) is 0 Å². The first kappa shape index (κ1) is 11.1. The highest BCUT2D eigenvalue weighted by atomic mass is 15.2. The van der Waals surface area contributed by atoms with E-state index in [9.17, 15) is 0 Å². The van der Waals surface area contributed by atoms with Crippen LogP contribution in [0.5, 0.6) is 0 Å².